The van der Waals surface area contributed by atoms with E-state index in [2.05, 4.69) is 10.4 Å². The Morgan fingerprint density at radius 3 is 2.58 bits per heavy atom. The molecule has 0 aliphatic heterocycles. The molecule has 0 unspecified atom stereocenters. The van der Waals surface area contributed by atoms with Crippen molar-refractivity contribution in [1.29, 1.82) is 0 Å². The van der Waals surface area contributed by atoms with Crippen molar-refractivity contribution in [3.63, 3.8) is 0 Å². The first-order valence-electron chi connectivity index (χ1n) is 5.20. The first kappa shape index (κ1) is 13.5. The molecule has 0 amide bonds. The number of aryl methyl sites for hydroxylation is 1. The number of nitrogens with two attached hydrogens (primary N) is 1. The molecular formula is C11H10ClF3N4. The second kappa shape index (κ2) is 4.65. The lowest BCUT2D eigenvalue weighted by Crippen LogP contribution is -2.06. The molecule has 4 nitrogen and oxygen atoms in total. The number of nitrogen functional groups attached to an aromatic ring is 1. The summed E-state index contributed by atoms with van der Waals surface area (Å²) in [4.78, 5) is 0. The van der Waals surface area contributed by atoms with Gasteiger partial charge in [-0.2, -0.15) is 18.3 Å². The van der Waals surface area contributed by atoms with Crippen LogP contribution in [0.3, 0.4) is 0 Å². The fourth-order valence-corrected chi connectivity index (χ4v) is 1.69. The van der Waals surface area contributed by atoms with Gasteiger partial charge < -0.3 is 11.1 Å². The average molecular weight is 291 g/mol. The van der Waals surface area contributed by atoms with Crippen LogP contribution in [0.15, 0.2) is 24.4 Å². The van der Waals surface area contributed by atoms with Gasteiger partial charge in [0.25, 0.3) is 0 Å². The lowest BCUT2D eigenvalue weighted by Gasteiger charge is -2.11. The van der Waals surface area contributed by atoms with E-state index in [4.69, 9.17) is 17.3 Å². The van der Waals surface area contributed by atoms with Crippen molar-refractivity contribution in [3.8, 4) is 0 Å². The van der Waals surface area contributed by atoms with E-state index >= 15 is 0 Å². The summed E-state index contributed by atoms with van der Waals surface area (Å²) in [6.45, 7) is 0. The summed E-state index contributed by atoms with van der Waals surface area (Å²) in [6.07, 6.45) is -2.90. The Hall–Kier alpha value is -1.89. The summed E-state index contributed by atoms with van der Waals surface area (Å²) in [5.74, 6) is 0.253. The quantitative estimate of drug-likeness (QED) is 0.891. The lowest BCUT2D eigenvalue weighted by atomic mass is 10.2. The third-order valence-corrected chi connectivity index (χ3v) is 2.73. The molecule has 0 radical (unpaired) electrons. The van der Waals surface area contributed by atoms with Gasteiger partial charge in [-0.1, -0.05) is 11.6 Å². The largest absolute Gasteiger partial charge is 0.416 e. The molecule has 2 aromatic rings. The molecule has 19 heavy (non-hydrogen) atoms. The van der Waals surface area contributed by atoms with E-state index < -0.39 is 11.7 Å². The number of rotatable bonds is 2. The molecular weight excluding hydrogens is 281 g/mol. The van der Waals surface area contributed by atoms with Gasteiger partial charge in [-0.25, -0.2) is 0 Å². The molecule has 0 bridgehead atoms. The van der Waals surface area contributed by atoms with Gasteiger partial charge in [0.2, 0.25) is 0 Å². The van der Waals surface area contributed by atoms with E-state index in [1.807, 2.05) is 0 Å². The summed E-state index contributed by atoms with van der Waals surface area (Å²) in [6, 6.07) is 3.00. The maximum atomic E-state index is 12.6. The lowest BCUT2D eigenvalue weighted by molar-refractivity contribution is -0.137. The predicted molar refractivity (Wildman–Crippen MR) is 67.4 cm³/mol. The smallest absolute Gasteiger partial charge is 0.394 e. The van der Waals surface area contributed by atoms with E-state index in [0.29, 0.717) is 5.69 Å². The third kappa shape index (κ3) is 2.93. The Kier molecular flexibility index (Phi) is 3.32. The summed E-state index contributed by atoms with van der Waals surface area (Å²) in [5.41, 5.74) is 5.27. The molecule has 1 heterocycles. The molecule has 0 spiro atoms. The SMILES string of the molecule is Cn1cc(N)c(Nc2cc(C(F)(F)F)ccc2Cl)n1. The highest BCUT2D eigenvalue weighted by molar-refractivity contribution is 6.33. The maximum Gasteiger partial charge on any atom is 0.416 e. The molecule has 0 fully saturated rings. The molecule has 0 atom stereocenters. The molecule has 1 aromatic heterocycles. The number of anilines is 3. The maximum absolute atomic E-state index is 12.6. The van der Waals surface area contributed by atoms with Gasteiger partial charge in [0.05, 0.1) is 22.0 Å². The van der Waals surface area contributed by atoms with E-state index in [0.717, 1.165) is 12.1 Å². The number of halogens is 4. The number of benzene rings is 1. The molecule has 1 aromatic carbocycles. The number of nitrogens with one attached hydrogen (secondary N) is 1. The molecule has 0 saturated heterocycles. The van der Waals surface area contributed by atoms with Crippen molar-refractivity contribution < 1.29 is 13.2 Å². The van der Waals surface area contributed by atoms with Gasteiger partial charge in [0.15, 0.2) is 5.82 Å². The van der Waals surface area contributed by atoms with E-state index in [1.54, 1.807) is 7.05 Å². The monoisotopic (exact) mass is 290 g/mol. The molecule has 0 saturated carbocycles. The van der Waals surface area contributed by atoms with E-state index in [1.165, 1.54) is 16.9 Å². The van der Waals surface area contributed by atoms with Crippen molar-refractivity contribution >= 4 is 28.8 Å². The van der Waals surface area contributed by atoms with E-state index in [-0.39, 0.29) is 16.5 Å². The van der Waals surface area contributed by atoms with Crippen LogP contribution < -0.4 is 11.1 Å². The van der Waals surface area contributed by atoms with Gasteiger partial charge >= 0.3 is 6.18 Å². The van der Waals surface area contributed by atoms with Crippen molar-refractivity contribution in [2.24, 2.45) is 7.05 Å². The zero-order valence-electron chi connectivity index (χ0n) is 9.79. The zero-order valence-corrected chi connectivity index (χ0v) is 10.5. The Bertz CT molecular complexity index is 606. The second-order valence-electron chi connectivity index (χ2n) is 3.92. The Balaban J connectivity index is 2.37. The third-order valence-electron chi connectivity index (χ3n) is 2.40. The fraction of sp³-hybridized carbons (Fsp3) is 0.182. The van der Waals surface area contributed by atoms with Crippen LogP contribution in [0.1, 0.15) is 5.56 Å². The normalized spacial score (nSPS) is 11.6. The van der Waals surface area contributed by atoms with Crippen molar-refractivity contribution in [1.82, 2.24) is 9.78 Å². The number of nitrogens with zero attached hydrogens (tertiary/aromatic N) is 2. The van der Waals surface area contributed by atoms with Crippen LogP contribution in [-0.4, -0.2) is 9.78 Å². The van der Waals surface area contributed by atoms with Crippen LogP contribution in [0.5, 0.6) is 0 Å². The highest BCUT2D eigenvalue weighted by Gasteiger charge is 2.31. The number of hydrogen-bond donors (Lipinski definition) is 2. The van der Waals surface area contributed by atoms with Gasteiger partial charge in [0, 0.05) is 13.2 Å². The predicted octanol–water partition coefficient (Wildman–Crippen LogP) is 3.42. The molecule has 102 valence electrons. The Morgan fingerprint density at radius 1 is 1.37 bits per heavy atom. The number of alkyl halides is 3. The van der Waals surface area contributed by atoms with Crippen LogP contribution >= 0.6 is 11.6 Å². The van der Waals surface area contributed by atoms with E-state index in [9.17, 15) is 13.2 Å². The minimum Gasteiger partial charge on any atom is -0.394 e. The molecule has 0 aliphatic rings. The highest BCUT2D eigenvalue weighted by Crippen LogP contribution is 2.35. The summed E-state index contributed by atoms with van der Waals surface area (Å²) >= 11 is 5.85. The van der Waals surface area contributed by atoms with Crippen LogP contribution in [-0.2, 0) is 13.2 Å². The second-order valence-corrected chi connectivity index (χ2v) is 4.33. The minimum absolute atomic E-state index is 0.0990. The number of aromatic nitrogens is 2. The van der Waals surface area contributed by atoms with Gasteiger partial charge in [-0.05, 0) is 18.2 Å². The van der Waals surface area contributed by atoms with Gasteiger partial charge in [-0.15, -0.1) is 0 Å². The summed E-state index contributed by atoms with van der Waals surface area (Å²) < 4.78 is 39.3. The minimum atomic E-state index is -4.43. The standard InChI is InChI=1S/C11H10ClF3N4/c1-19-5-8(16)10(18-19)17-9-4-6(11(13,14)15)2-3-7(9)12/h2-5H,16H2,1H3,(H,17,18). The van der Waals surface area contributed by atoms with Crippen LogP contribution in [0.2, 0.25) is 5.02 Å². The highest BCUT2D eigenvalue weighted by atomic mass is 35.5. The number of hydrogen-bond acceptors (Lipinski definition) is 3. The molecule has 3 N–H and O–H groups in total. The van der Waals surface area contributed by atoms with Crippen LogP contribution in [0.4, 0.5) is 30.4 Å². The van der Waals surface area contributed by atoms with Gasteiger partial charge in [-0.3, -0.25) is 4.68 Å². The summed E-state index contributed by atoms with van der Waals surface area (Å²) in [5, 5.41) is 6.82. The first-order chi connectivity index (χ1) is 8.77. The van der Waals surface area contributed by atoms with Gasteiger partial charge in [0.1, 0.15) is 0 Å². The Morgan fingerprint density at radius 2 is 2.05 bits per heavy atom. The average Bonchev–Trinajstić information content (AvgIpc) is 2.59. The molecule has 8 heteroatoms. The molecule has 0 aliphatic carbocycles. The van der Waals surface area contributed by atoms with Crippen molar-refractivity contribution in [3.05, 3.63) is 35.0 Å². The topological polar surface area (TPSA) is 55.9 Å². The van der Waals surface area contributed by atoms with Crippen molar-refractivity contribution in [2.45, 2.75) is 6.18 Å². The fourth-order valence-electron chi connectivity index (χ4n) is 1.53. The first-order valence-corrected chi connectivity index (χ1v) is 5.58. The van der Waals surface area contributed by atoms with Crippen molar-refractivity contribution in [2.75, 3.05) is 11.1 Å². The zero-order chi connectivity index (χ0) is 14.2. The molecule has 2 rings (SSSR count). The van der Waals surface area contributed by atoms with Crippen LogP contribution in [0.25, 0.3) is 0 Å². The Labute approximate surface area is 112 Å². The summed E-state index contributed by atoms with van der Waals surface area (Å²) in [7, 11) is 1.65. The van der Waals surface area contributed by atoms with Crippen LogP contribution in [0, 0.1) is 0 Å².